The zero-order valence-corrected chi connectivity index (χ0v) is 22.4. The number of carbonyl (C=O) groups is 1. The third-order valence-corrected chi connectivity index (χ3v) is 7.04. The van der Waals surface area contributed by atoms with Crippen molar-refractivity contribution in [1.82, 2.24) is 24.8 Å². The molecule has 202 valence electrons. The summed E-state index contributed by atoms with van der Waals surface area (Å²) in [6, 6.07) is 23.6. The molecule has 0 spiro atoms. The smallest absolute Gasteiger partial charge is 0.263 e. The molecule has 9 nitrogen and oxygen atoms in total. The van der Waals surface area contributed by atoms with Gasteiger partial charge in [0.05, 0.1) is 24.1 Å². The van der Waals surface area contributed by atoms with E-state index in [2.05, 4.69) is 20.3 Å². The van der Waals surface area contributed by atoms with Gasteiger partial charge < -0.3 is 15.8 Å². The molecule has 0 saturated carbocycles. The fourth-order valence-electron chi connectivity index (χ4n) is 5.10. The molecule has 0 aliphatic carbocycles. The standard InChI is InChI=1S/C32H26N6O3/c1-19(37-31(39)28-29-22(9-7-14-35-29)18-36-30(28)33)25-16-21-8-6-12-24(20-13-15-34-26(17-20)41-2)27(21)32(40)38(25)23-10-4-3-5-11-23/h3-19H,1-2H3,(H2,33,36)(H,37,39)/t19-/m0/s1. The van der Waals surface area contributed by atoms with Crippen molar-refractivity contribution in [2.45, 2.75) is 13.0 Å². The fourth-order valence-corrected chi connectivity index (χ4v) is 5.10. The number of nitrogens with two attached hydrogens (primary N) is 1. The molecule has 0 radical (unpaired) electrons. The van der Waals surface area contributed by atoms with Gasteiger partial charge in [-0.05, 0) is 59.8 Å². The predicted molar refractivity (Wildman–Crippen MR) is 159 cm³/mol. The van der Waals surface area contributed by atoms with Crippen molar-refractivity contribution in [3.8, 4) is 22.7 Å². The van der Waals surface area contributed by atoms with Crippen LogP contribution in [0, 0.1) is 0 Å². The number of ether oxygens (including phenoxy) is 1. The van der Waals surface area contributed by atoms with Gasteiger partial charge in [-0.2, -0.15) is 0 Å². The summed E-state index contributed by atoms with van der Waals surface area (Å²) >= 11 is 0. The van der Waals surface area contributed by atoms with E-state index in [0.717, 1.165) is 16.5 Å². The number of carbonyl (C=O) groups excluding carboxylic acids is 1. The molecule has 2 aromatic carbocycles. The monoisotopic (exact) mass is 542 g/mol. The first-order valence-corrected chi connectivity index (χ1v) is 13.0. The average molecular weight is 543 g/mol. The molecule has 4 aromatic heterocycles. The lowest BCUT2D eigenvalue weighted by Gasteiger charge is -2.22. The van der Waals surface area contributed by atoms with Crippen LogP contribution in [-0.2, 0) is 0 Å². The summed E-state index contributed by atoms with van der Waals surface area (Å²) in [5.41, 5.74) is 9.40. The highest BCUT2D eigenvalue weighted by Crippen LogP contribution is 2.31. The lowest BCUT2D eigenvalue weighted by atomic mass is 9.98. The average Bonchev–Trinajstić information content (AvgIpc) is 3.00. The Hall–Kier alpha value is -5.57. The molecule has 0 aliphatic heterocycles. The highest BCUT2D eigenvalue weighted by atomic mass is 16.5. The van der Waals surface area contributed by atoms with Crippen molar-refractivity contribution in [1.29, 1.82) is 0 Å². The largest absolute Gasteiger partial charge is 0.481 e. The van der Waals surface area contributed by atoms with Crippen molar-refractivity contribution < 1.29 is 9.53 Å². The topological polar surface area (TPSA) is 125 Å². The number of nitrogen functional groups attached to an aromatic ring is 1. The molecule has 0 fully saturated rings. The highest BCUT2D eigenvalue weighted by Gasteiger charge is 2.23. The second-order valence-corrected chi connectivity index (χ2v) is 9.56. The number of benzene rings is 2. The Morgan fingerprint density at radius 3 is 2.54 bits per heavy atom. The number of amides is 1. The van der Waals surface area contributed by atoms with E-state index in [9.17, 15) is 9.59 Å². The van der Waals surface area contributed by atoms with Crippen LogP contribution in [0.2, 0.25) is 0 Å². The molecule has 0 bridgehead atoms. The van der Waals surface area contributed by atoms with Crippen LogP contribution in [0.5, 0.6) is 5.88 Å². The number of rotatable bonds is 6. The van der Waals surface area contributed by atoms with Gasteiger partial charge in [-0.3, -0.25) is 19.1 Å². The molecule has 4 heterocycles. The molecular formula is C32H26N6O3. The van der Waals surface area contributed by atoms with Crippen molar-refractivity contribution in [3.05, 3.63) is 119 Å². The van der Waals surface area contributed by atoms with Gasteiger partial charge in [0, 0.05) is 41.4 Å². The zero-order chi connectivity index (χ0) is 28.5. The molecular weight excluding hydrogens is 516 g/mol. The number of pyridine rings is 4. The summed E-state index contributed by atoms with van der Waals surface area (Å²) in [7, 11) is 1.55. The van der Waals surface area contributed by atoms with Gasteiger partial charge in [0.2, 0.25) is 5.88 Å². The Bertz CT molecular complexity index is 1990. The number of nitrogens with one attached hydrogen (secondary N) is 1. The summed E-state index contributed by atoms with van der Waals surface area (Å²) in [6.07, 6.45) is 4.84. The van der Waals surface area contributed by atoms with E-state index in [1.54, 1.807) is 42.4 Å². The summed E-state index contributed by atoms with van der Waals surface area (Å²) in [6.45, 7) is 1.83. The molecule has 0 aliphatic rings. The van der Waals surface area contributed by atoms with Gasteiger partial charge >= 0.3 is 0 Å². The molecule has 41 heavy (non-hydrogen) atoms. The Labute approximate surface area is 235 Å². The molecule has 9 heteroatoms. The molecule has 0 saturated heterocycles. The van der Waals surface area contributed by atoms with E-state index in [-0.39, 0.29) is 16.9 Å². The Kier molecular flexibility index (Phi) is 6.60. The zero-order valence-electron chi connectivity index (χ0n) is 22.4. The maximum absolute atomic E-state index is 14.4. The first kappa shape index (κ1) is 25.7. The lowest BCUT2D eigenvalue weighted by Crippen LogP contribution is -2.32. The number of anilines is 1. The minimum Gasteiger partial charge on any atom is -0.481 e. The Morgan fingerprint density at radius 2 is 1.73 bits per heavy atom. The summed E-state index contributed by atoms with van der Waals surface area (Å²) in [5, 5.41) is 5.00. The molecule has 1 amide bonds. The number of hydrogen-bond donors (Lipinski definition) is 2. The van der Waals surface area contributed by atoms with Crippen molar-refractivity contribution >= 4 is 33.4 Å². The second kappa shape index (κ2) is 10.5. The normalized spacial score (nSPS) is 11.9. The van der Waals surface area contributed by atoms with Gasteiger partial charge in [-0.1, -0.05) is 36.4 Å². The van der Waals surface area contributed by atoms with Crippen molar-refractivity contribution in [2.75, 3.05) is 12.8 Å². The van der Waals surface area contributed by atoms with Crippen LogP contribution in [-0.4, -0.2) is 32.5 Å². The number of para-hydroxylation sites is 1. The van der Waals surface area contributed by atoms with E-state index in [1.165, 1.54) is 0 Å². The molecule has 6 aromatic rings. The van der Waals surface area contributed by atoms with Gasteiger partial charge in [0.1, 0.15) is 11.4 Å². The van der Waals surface area contributed by atoms with E-state index in [4.69, 9.17) is 10.5 Å². The maximum Gasteiger partial charge on any atom is 0.263 e. The Balaban J connectivity index is 1.52. The third kappa shape index (κ3) is 4.63. The second-order valence-electron chi connectivity index (χ2n) is 9.56. The van der Waals surface area contributed by atoms with Crippen LogP contribution >= 0.6 is 0 Å². The van der Waals surface area contributed by atoms with Crippen molar-refractivity contribution in [3.63, 3.8) is 0 Å². The van der Waals surface area contributed by atoms with Crippen LogP contribution in [0.1, 0.15) is 29.0 Å². The Morgan fingerprint density at radius 1 is 0.927 bits per heavy atom. The van der Waals surface area contributed by atoms with Gasteiger partial charge in [-0.15, -0.1) is 0 Å². The van der Waals surface area contributed by atoms with Crippen LogP contribution in [0.25, 0.3) is 38.5 Å². The van der Waals surface area contributed by atoms with Crippen LogP contribution in [0.3, 0.4) is 0 Å². The number of methoxy groups -OCH3 is 1. The van der Waals surface area contributed by atoms with E-state index >= 15 is 0 Å². The predicted octanol–water partition coefficient (Wildman–Crippen LogP) is 5.08. The van der Waals surface area contributed by atoms with Gasteiger partial charge in [0.15, 0.2) is 0 Å². The first-order chi connectivity index (χ1) is 20.0. The van der Waals surface area contributed by atoms with Gasteiger partial charge in [-0.25, -0.2) is 9.97 Å². The van der Waals surface area contributed by atoms with Crippen LogP contribution in [0.4, 0.5) is 5.82 Å². The van der Waals surface area contributed by atoms with E-state index in [0.29, 0.717) is 33.6 Å². The highest BCUT2D eigenvalue weighted by molar-refractivity contribution is 6.09. The lowest BCUT2D eigenvalue weighted by molar-refractivity contribution is 0.0941. The molecule has 6 rings (SSSR count). The van der Waals surface area contributed by atoms with Gasteiger partial charge in [0.25, 0.3) is 11.5 Å². The van der Waals surface area contributed by atoms with Crippen LogP contribution < -0.4 is 21.3 Å². The third-order valence-electron chi connectivity index (χ3n) is 7.04. The number of nitrogens with zero attached hydrogens (tertiary/aromatic N) is 4. The molecule has 1 atom stereocenters. The first-order valence-electron chi connectivity index (χ1n) is 13.0. The minimum absolute atomic E-state index is 0.0808. The molecule has 0 unspecified atom stereocenters. The van der Waals surface area contributed by atoms with E-state index in [1.807, 2.05) is 73.7 Å². The summed E-state index contributed by atoms with van der Waals surface area (Å²) in [5.74, 6) is 0.0985. The fraction of sp³-hybridized carbons (Fsp3) is 0.0938. The molecule has 3 N–H and O–H groups in total. The number of fused-ring (bicyclic) bond motifs is 2. The number of aromatic nitrogens is 4. The minimum atomic E-state index is -0.581. The number of hydrogen-bond acceptors (Lipinski definition) is 7. The summed E-state index contributed by atoms with van der Waals surface area (Å²) in [4.78, 5) is 40.7. The quantitative estimate of drug-likeness (QED) is 0.301. The van der Waals surface area contributed by atoms with Crippen LogP contribution in [0.15, 0.2) is 102 Å². The van der Waals surface area contributed by atoms with Crippen molar-refractivity contribution in [2.24, 2.45) is 0 Å². The SMILES string of the molecule is COc1cc(-c2cccc3cc([C@H](C)NC(=O)c4c(N)ncc5cccnc45)n(-c4ccccc4)c(=O)c23)ccn1. The summed E-state index contributed by atoms with van der Waals surface area (Å²) < 4.78 is 6.96. The maximum atomic E-state index is 14.4. The van der Waals surface area contributed by atoms with E-state index < -0.39 is 11.9 Å².